The van der Waals surface area contributed by atoms with Crippen molar-refractivity contribution in [3.05, 3.63) is 0 Å². The van der Waals surface area contributed by atoms with Gasteiger partial charge in [0.1, 0.15) is 0 Å². The number of hydrogen-bond donors (Lipinski definition) is 1. The zero-order valence-electron chi connectivity index (χ0n) is 6.79. The van der Waals surface area contributed by atoms with Crippen molar-refractivity contribution in [3.63, 3.8) is 0 Å². The fourth-order valence-corrected chi connectivity index (χ4v) is 1.45. The van der Waals surface area contributed by atoms with E-state index < -0.39 is 16.7 Å². The number of esters is 2. The Morgan fingerprint density at radius 1 is 1.77 bits per heavy atom. The third kappa shape index (κ3) is 2.08. The Balaban J connectivity index is 2.71. The summed E-state index contributed by atoms with van der Waals surface area (Å²) >= 11 is 9.16. The van der Waals surface area contributed by atoms with E-state index in [1.165, 1.54) is 0 Å². The Kier molecular flexibility index (Phi) is 3.44. The summed E-state index contributed by atoms with van der Waals surface area (Å²) in [5.74, 6) is -1.40. The fraction of sp³-hybridized carbons (Fsp3) is 0.714. The summed E-state index contributed by atoms with van der Waals surface area (Å²) in [4.78, 5) is 22.4. The lowest BCUT2D eigenvalue weighted by Crippen LogP contribution is -2.46. The lowest BCUT2D eigenvalue weighted by molar-refractivity contribution is -0.161. The number of alkyl halides is 1. The summed E-state index contributed by atoms with van der Waals surface area (Å²) in [5, 5.41) is 0. The first kappa shape index (κ1) is 10.7. The molecule has 1 saturated heterocycles. The van der Waals surface area contributed by atoms with Crippen LogP contribution in [0.2, 0.25) is 0 Å². The second kappa shape index (κ2) is 4.19. The average Bonchev–Trinajstić information content (AvgIpc) is 2.11. The Morgan fingerprint density at radius 3 is 3.00 bits per heavy atom. The van der Waals surface area contributed by atoms with Crippen molar-refractivity contribution in [2.75, 3.05) is 12.7 Å². The SMILES string of the molecule is O=C(OCCl)C1(S)CCCOC1=O. The van der Waals surface area contributed by atoms with E-state index >= 15 is 0 Å². The number of halogens is 1. The summed E-state index contributed by atoms with van der Waals surface area (Å²) in [6.07, 6.45) is 0.928. The lowest BCUT2D eigenvalue weighted by Gasteiger charge is -2.27. The molecule has 1 heterocycles. The molecule has 0 bridgehead atoms. The number of ether oxygens (including phenoxy) is 2. The fourth-order valence-electron chi connectivity index (χ4n) is 1.07. The van der Waals surface area contributed by atoms with Gasteiger partial charge in [-0.25, -0.2) is 9.59 Å². The second-order valence-electron chi connectivity index (χ2n) is 2.64. The topological polar surface area (TPSA) is 52.6 Å². The van der Waals surface area contributed by atoms with Crippen LogP contribution in [0.4, 0.5) is 0 Å². The second-order valence-corrected chi connectivity index (χ2v) is 3.62. The molecule has 0 radical (unpaired) electrons. The molecule has 1 aliphatic heterocycles. The van der Waals surface area contributed by atoms with E-state index in [1.807, 2.05) is 0 Å². The van der Waals surface area contributed by atoms with Gasteiger partial charge in [0.15, 0.2) is 6.07 Å². The van der Waals surface area contributed by atoms with Crippen LogP contribution in [0.3, 0.4) is 0 Å². The van der Waals surface area contributed by atoms with Gasteiger partial charge in [-0.15, -0.1) is 12.6 Å². The standard InChI is InChI=1S/C7H9ClO4S/c8-4-12-6(10)7(13)2-1-3-11-5(7)9/h13H,1-4H2. The first-order valence-electron chi connectivity index (χ1n) is 3.74. The van der Waals surface area contributed by atoms with E-state index in [0.29, 0.717) is 19.4 Å². The summed E-state index contributed by atoms with van der Waals surface area (Å²) in [7, 11) is 0. The van der Waals surface area contributed by atoms with Crippen LogP contribution < -0.4 is 0 Å². The predicted molar refractivity (Wildman–Crippen MR) is 48.7 cm³/mol. The average molecular weight is 225 g/mol. The molecule has 0 aromatic carbocycles. The van der Waals surface area contributed by atoms with E-state index in [0.717, 1.165) is 0 Å². The van der Waals surface area contributed by atoms with E-state index in [4.69, 9.17) is 16.3 Å². The van der Waals surface area contributed by atoms with Crippen LogP contribution in [0.5, 0.6) is 0 Å². The maximum Gasteiger partial charge on any atom is 0.334 e. The number of thiol groups is 1. The van der Waals surface area contributed by atoms with E-state index in [9.17, 15) is 9.59 Å². The Bertz CT molecular complexity index is 233. The van der Waals surface area contributed by atoms with Gasteiger partial charge in [-0.2, -0.15) is 0 Å². The zero-order valence-corrected chi connectivity index (χ0v) is 8.44. The molecule has 1 aliphatic rings. The summed E-state index contributed by atoms with van der Waals surface area (Å²) in [6, 6.07) is -0.283. The Morgan fingerprint density at radius 2 is 2.46 bits per heavy atom. The van der Waals surface area contributed by atoms with E-state index in [2.05, 4.69) is 17.4 Å². The molecule has 6 heteroatoms. The van der Waals surface area contributed by atoms with Crippen molar-refractivity contribution < 1.29 is 19.1 Å². The molecular formula is C7H9ClO4S. The minimum Gasteiger partial charge on any atom is -0.464 e. The van der Waals surface area contributed by atoms with Crippen molar-refractivity contribution in [1.82, 2.24) is 0 Å². The first-order valence-corrected chi connectivity index (χ1v) is 4.72. The van der Waals surface area contributed by atoms with Crippen molar-refractivity contribution in [1.29, 1.82) is 0 Å². The van der Waals surface area contributed by atoms with Gasteiger partial charge in [0, 0.05) is 0 Å². The van der Waals surface area contributed by atoms with Crippen LogP contribution in [-0.4, -0.2) is 29.4 Å². The third-order valence-electron chi connectivity index (χ3n) is 1.78. The van der Waals surface area contributed by atoms with Gasteiger partial charge >= 0.3 is 11.9 Å². The molecule has 0 aromatic rings. The highest BCUT2D eigenvalue weighted by Gasteiger charge is 2.47. The summed E-state index contributed by atoms with van der Waals surface area (Å²) < 4.78 is 7.74. The highest BCUT2D eigenvalue weighted by molar-refractivity contribution is 7.83. The number of cyclic esters (lactones) is 1. The molecule has 0 spiro atoms. The lowest BCUT2D eigenvalue weighted by atomic mass is 10.0. The molecule has 0 amide bonds. The van der Waals surface area contributed by atoms with E-state index in [-0.39, 0.29) is 6.07 Å². The normalized spacial score (nSPS) is 28.0. The maximum atomic E-state index is 11.2. The molecule has 0 aromatic heterocycles. The van der Waals surface area contributed by atoms with Crippen LogP contribution in [0.25, 0.3) is 0 Å². The predicted octanol–water partition coefficient (Wildman–Crippen LogP) is 0.732. The van der Waals surface area contributed by atoms with Gasteiger partial charge < -0.3 is 9.47 Å². The molecule has 13 heavy (non-hydrogen) atoms. The molecule has 0 N–H and O–H groups in total. The Hall–Kier alpha value is -0.420. The number of hydrogen-bond acceptors (Lipinski definition) is 5. The monoisotopic (exact) mass is 224 g/mol. The zero-order chi connectivity index (χ0) is 9.90. The number of rotatable bonds is 2. The van der Waals surface area contributed by atoms with Crippen molar-refractivity contribution >= 4 is 36.2 Å². The van der Waals surface area contributed by atoms with Gasteiger partial charge in [-0.05, 0) is 12.8 Å². The van der Waals surface area contributed by atoms with Crippen molar-refractivity contribution in [3.8, 4) is 0 Å². The number of carbonyl (C=O) groups excluding carboxylic acids is 2. The van der Waals surface area contributed by atoms with Gasteiger partial charge in [-0.1, -0.05) is 11.6 Å². The quantitative estimate of drug-likeness (QED) is 0.325. The minimum atomic E-state index is -1.47. The number of carbonyl (C=O) groups is 2. The van der Waals surface area contributed by atoms with Crippen LogP contribution in [0, 0.1) is 0 Å². The van der Waals surface area contributed by atoms with Crippen LogP contribution in [0.15, 0.2) is 0 Å². The highest BCUT2D eigenvalue weighted by Crippen LogP contribution is 2.28. The molecule has 1 unspecified atom stereocenters. The van der Waals surface area contributed by atoms with Crippen LogP contribution in [0.1, 0.15) is 12.8 Å². The van der Waals surface area contributed by atoms with Crippen LogP contribution in [-0.2, 0) is 19.1 Å². The van der Waals surface area contributed by atoms with Gasteiger partial charge in [0.25, 0.3) is 0 Å². The van der Waals surface area contributed by atoms with Gasteiger partial charge in [0.2, 0.25) is 4.75 Å². The third-order valence-corrected chi connectivity index (χ3v) is 2.47. The molecule has 0 aliphatic carbocycles. The molecule has 4 nitrogen and oxygen atoms in total. The maximum absolute atomic E-state index is 11.2. The Labute approximate surface area is 85.9 Å². The van der Waals surface area contributed by atoms with Gasteiger partial charge in [0.05, 0.1) is 6.61 Å². The summed E-state index contributed by atoms with van der Waals surface area (Å²) in [5.41, 5.74) is 0. The smallest absolute Gasteiger partial charge is 0.334 e. The first-order chi connectivity index (χ1) is 6.11. The van der Waals surface area contributed by atoms with Crippen molar-refractivity contribution in [2.24, 2.45) is 0 Å². The van der Waals surface area contributed by atoms with Gasteiger partial charge in [-0.3, -0.25) is 0 Å². The molecule has 74 valence electrons. The molecule has 0 saturated carbocycles. The van der Waals surface area contributed by atoms with Crippen molar-refractivity contribution in [2.45, 2.75) is 17.6 Å². The molecule has 1 atom stereocenters. The largest absolute Gasteiger partial charge is 0.464 e. The molecular weight excluding hydrogens is 216 g/mol. The highest BCUT2D eigenvalue weighted by atomic mass is 35.5. The minimum absolute atomic E-state index is 0.283. The van der Waals surface area contributed by atoms with E-state index in [1.54, 1.807) is 0 Å². The summed E-state index contributed by atoms with van der Waals surface area (Å²) in [6.45, 7) is 0.329. The van der Waals surface area contributed by atoms with Crippen LogP contribution >= 0.6 is 24.2 Å². The molecule has 1 rings (SSSR count). The molecule has 1 fully saturated rings.